The molecule has 106 valence electrons. The first kappa shape index (κ1) is 14.6. The summed E-state index contributed by atoms with van der Waals surface area (Å²) in [5.74, 6) is -0.247. The van der Waals surface area contributed by atoms with E-state index in [9.17, 15) is 4.79 Å². The van der Waals surface area contributed by atoms with Crippen molar-refractivity contribution in [2.24, 2.45) is 0 Å². The zero-order chi connectivity index (χ0) is 14.4. The van der Waals surface area contributed by atoms with Crippen LogP contribution in [0.3, 0.4) is 0 Å². The van der Waals surface area contributed by atoms with Crippen LogP contribution in [0.25, 0.3) is 0 Å². The topological polar surface area (TPSA) is 58.6 Å². The molecule has 0 saturated carbocycles. The molecule has 0 radical (unpaired) electrons. The van der Waals surface area contributed by atoms with Crippen molar-refractivity contribution in [2.75, 3.05) is 13.2 Å². The van der Waals surface area contributed by atoms with Gasteiger partial charge in [0.25, 0.3) is 0 Å². The quantitative estimate of drug-likeness (QED) is 0.769. The lowest BCUT2D eigenvalue weighted by atomic mass is 10.2. The highest BCUT2D eigenvalue weighted by atomic mass is 32.1. The van der Waals surface area contributed by atoms with Crippen molar-refractivity contribution < 1.29 is 14.6 Å². The van der Waals surface area contributed by atoms with Crippen molar-refractivity contribution in [3.05, 3.63) is 52.2 Å². The van der Waals surface area contributed by atoms with Gasteiger partial charge in [-0.15, -0.1) is 0 Å². The summed E-state index contributed by atoms with van der Waals surface area (Å²) in [7, 11) is 0. The third kappa shape index (κ3) is 4.08. The first-order valence-electron chi connectivity index (χ1n) is 6.38. The number of aromatic carboxylic acids is 1. The molecule has 2 N–H and O–H groups in total. The van der Waals surface area contributed by atoms with E-state index in [1.54, 1.807) is 35.6 Å². The van der Waals surface area contributed by atoms with Gasteiger partial charge in [-0.25, -0.2) is 4.79 Å². The molecule has 1 aromatic heterocycles. The van der Waals surface area contributed by atoms with Gasteiger partial charge in [0.15, 0.2) is 0 Å². The second kappa shape index (κ2) is 7.07. The maximum Gasteiger partial charge on any atom is 0.335 e. The van der Waals surface area contributed by atoms with E-state index < -0.39 is 5.97 Å². The van der Waals surface area contributed by atoms with E-state index in [-0.39, 0.29) is 5.56 Å². The first-order chi connectivity index (χ1) is 9.66. The molecular weight excluding hydrogens is 274 g/mol. The monoisotopic (exact) mass is 291 g/mol. The summed E-state index contributed by atoms with van der Waals surface area (Å²) in [6.07, 6.45) is 0. The fourth-order valence-corrected chi connectivity index (χ4v) is 2.53. The van der Waals surface area contributed by atoms with E-state index in [0.29, 0.717) is 18.4 Å². The number of hydrogen-bond acceptors (Lipinski definition) is 4. The smallest absolute Gasteiger partial charge is 0.335 e. The molecule has 5 heteroatoms. The van der Waals surface area contributed by atoms with Crippen LogP contribution in [-0.4, -0.2) is 24.2 Å². The van der Waals surface area contributed by atoms with Crippen molar-refractivity contribution in [1.82, 2.24) is 5.32 Å². The minimum absolute atomic E-state index is 0.265. The summed E-state index contributed by atoms with van der Waals surface area (Å²) in [5, 5.41) is 16.4. The number of carboxylic acids is 1. The number of benzene rings is 1. The van der Waals surface area contributed by atoms with Gasteiger partial charge in [0.05, 0.1) is 5.56 Å². The second-order valence-corrected chi connectivity index (χ2v) is 5.19. The summed E-state index contributed by atoms with van der Waals surface area (Å²) in [6, 6.07) is 8.84. The van der Waals surface area contributed by atoms with Gasteiger partial charge in [0.2, 0.25) is 0 Å². The summed E-state index contributed by atoms with van der Waals surface area (Å²) in [4.78, 5) is 10.7. The molecule has 0 bridgehead atoms. The van der Waals surface area contributed by atoms with Crippen LogP contribution in [0.2, 0.25) is 0 Å². The van der Waals surface area contributed by atoms with E-state index in [1.165, 1.54) is 5.56 Å². The van der Waals surface area contributed by atoms with Crippen LogP contribution in [0.1, 0.15) is 28.9 Å². The Kier molecular flexibility index (Phi) is 5.15. The first-order valence-corrected chi connectivity index (χ1v) is 7.33. The molecule has 0 aliphatic rings. The van der Waals surface area contributed by atoms with Crippen LogP contribution in [0, 0.1) is 0 Å². The molecule has 0 saturated heterocycles. The number of hydrogen-bond donors (Lipinski definition) is 2. The Morgan fingerprint density at radius 1 is 1.35 bits per heavy atom. The molecule has 0 aliphatic heterocycles. The molecule has 4 nitrogen and oxygen atoms in total. The molecule has 1 unspecified atom stereocenters. The Balaban J connectivity index is 1.72. The zero-order valence-electron chi connectivity index (χ0n) is 11.2. The zero-order valence-corrected chi connectivity index (χ0v) is 12.0. The van der Waals surface area contributed by atoms with Gasteiger partial charge in [-0.3, -0.25) is 0 Å². The van der Waals surface area contributed by atoms with Gasteiger partial charge < -0.3 is 15.2 Å². The standard InChI is InChI=1S/C15H17NO3S/c1-11(13-6-9-20-10-13)16-7-8-19-14-4-2-12(3-5-14)15(17)18/h2-6,9-11,16H,7-8H2,1H3,(H,17,18). The normalized spacial score (nSPS) is 12.1. The fourth-order valence-electron chi connectivity index (χ4n) is 1.78. The number of thiophene rings is 1. The highest BCUT2D eigenvalue weighted by Gasteiger charge is 2.05. The highest BCUT2D eigenvalue weighted by Crippen LogP contribution is 2.15. The maximum absolute atomic E-state index is 10.7. The van der Waals surface area contributed by atoms with Gasteiger partial charge in [-0.1, -0.05) is 0 Å². The number of ether oxygens (including phenoxy) is 1. The number of rotatable bonds is 7. The lowest BCUT2D eigenvalue weighted by molar-refractivity contribution is 0.0697. The van der Waals surface area contributed by atoms with Gasteiger partial charge in [-0.05, 0) is 53.6 Å². The van der Waals surface area contributed by atoms with E-state index in [2.05, 4.69) is 29.1 Å². The van der Waals surface area contributed by atoms with Gasteiger partial charge >= 0.3 is 5.97 Å². The van der Waals surface area contributed by atoms with Crippen LogP contribution < -0.4 is 10.1 Å². The molecular formula is C15H17NO3S. The number of nitrogens with one attached hydrogen (secondary N) is 1. The van der Waals surface area contributed by atoms with E-state index >= 15 is 0 Å². The Bertz CT molecular complexity index is 537. The Hall–Kier alpha value is -1.85. The SMILES string of the molecule is CC(NCCOc1ccc(C(=O)O)cc1)c1ccsc1. The molecule has 0 spiro atoms. The third-order valence-corrected chi connectivity index (χ3v) is 3.67. The Labute approximate surface area is 122 Å². The predicted octanol–water partition coefficient (Wildman–Crippen LogP) is 3.18. The summed E-state index contributed by atoms with van der Waals surface area (Å²) in [5.41, 5.74) is 1.54. The molecule has 0 fully saturated rings. The Morgan fingerprint density at radius 3 is 2.70 bits per heavy atom. The lowest BCUT2D eigenvalue weighted by Gasteiger charge is -2.13. The molecule has 2 aromatic rings. The maximum atomic E-state index is 10.7. The van der Waals surface area contributed by atoms with Crippen LogP contribution in [0.5, 0.6) is 5.75 Å². The molecule has 1 heterocycles. The fraction of sp³-hybridized carbons (Fsp3) is 0.267. The van der Waals surface area contributed by atoms with Crippen molar-refractivity contribution >= 4 is 17.3 Å². The number of carbonyl (C=O) groups is 1. The van der Waals surface area contributed by atoms with Crippen LogP contribution in [0.15, 0.2) is 41.1 Å². The van der Waals surface area contributed by atoms with Crippen molar-refractivity contribution in [2.45, 2.75) is 13.0 Å². The molecule has 0 aliphatic carbocycles. The van der Waals surface area contributed by atoms with E-state index in [1.807, 2.05) is 0 Å². The van der Waals surface area contributed by atoms with Crippen molar-refractivity contribution in [3.8, 4) is 5.75 Å². The summed E-state index contributed by atoms with van der Waals surface area (Å²) >= 11 is 1.69. The molecule has 20 heavy (non-hydrogen) atoms. The van der Waals surface area contributed by atoms with E-state index in [4.69, 9.17) is 9.84 Å². The molecule has 0 amide bonds. The van der Waals surface area contributed by atoms with E-state index in [0.717, 1.165) is 6.54 Å². The largest absolute Gasteiger partial charge is 0.492 e. The van der Waals surface area contributed by atoms with Gasteiger partial charge in [-0.2, -0.15) is 11.3 Å². The summed E-state index contributed by atoms with van der Waals surface area (Å²) in [6.45, 7) is 3.39. The van der Waals surface area contributed by atoms with Crippen LogP contribution in [0.4, 0.5) is 0 Å². The molecule has 1 aromatic carbocycles. The third-order valence-electron chi connectivity index (χ3n) is 2.97. The van der Waals surface area contributed by atoms with Gasteiger partial charge in [0.1, 0.15) is 12.4 Å². The number of carboxylic acid groups (broad SMARTS) is 1. The minimum Gasteiger partial charge on any atom is -0.492 e. The molecule has 2 rings (SSSR count). The predicted molar refractivity (Wildman–Crippen MR) is 79.6 cm³/mol. The van der Waals surface area contributed by atoms with Crippen molar-refractivity contribution in [3.63, 3.8) is 0 Å². The molecule has 1 atom stereocenters. The minimum atomic E-state index is -0.928. The van der Waals surface area contributed by atoms with Crippen molar-refractivity contribution in [1.29, 1.82) is 0 Å². The van der Waals surface area contributed by atoms with Crippen LogP contribution in [-0.2, 0) is 0 Å². The second-order valence-electron chi connectivity index (χ2n) is 4.41. The van der Waals surface area contributed by atoms with Gasteiger partial charge in [0, 0.05) is 12.6 Å². The summed E-state index contributed by atoms with van der Waals surface area (Å²) < 4.78 is 5.56. The van der Waals surface area contributed by atoms with Crippen LogP contribution >= 0.6 is 11.3 Å². The Morgan fingerprint density at radius 2 is 2.10 bits per heavy atom. The lowest BCUT2D eigenvalue weighted by Crippen LogP contribution is -2.24. The average molecular weight is 291 g/mol. The highest BCUT2D eigenvalue weighted by molar-refractivity contribution is 7.07. The average Bonchev–Trinajstić information content (AvgIpc) is 2.98.